The van der Waals surface area contributed by atoms with Crippen molar-refractivity contribution in [3.8, 4) is 67.3 Å². The lowest BCUT2D eigenvalue weighted by molar-refractivity contribution is -0.138. The molecular formula is C98H72F6N6. The van der Waals surface area contributed by atoms with Gasteiger partial charge in [0.25, 0.3) is 0 Å². The van der Waals surface area contributed by atoms with Crippen LogP contribution >= 0.6 is 0 Å². The molecule has 0 aliphatic rings. The van der Waals surface area contributed by atoms with E-state index in [0.717, 1.165) is 177 Å². The van der Waals surface area contributed by atoms with Gasteiger partial charge in [-0.25, -0.2) is 9.69 Å². The van der Waals surface area contributed by atoms with E-state index in [1.54, 1.807) is 13.8 Å². The summed E-state index contributed by atoms with van der Waals surface area (Å²) in [6.07, 6.45) is -9.04. The third-order valence-electron chi connectivity index (χ3n) is 21.5. The first-order chi connectivity index (χ1) is 52.8. The molecule has 14 aromatic carbocycles. The Bertz CT molecular complexity index is 6790. The Morgan fingerprint density at radius 1 is 0.236 bits per heavy atom. The van der Waals surface area contributed by atoms with Crippen LogP contribution in [-0.2, 0) is 12.4 Å². The van der Waals surface area contributed by atoms with Crippen molar-refractivity contribution in [2.75, 3.05) is 0 Å². The predicted octanol–water partition coefficient (Wildman–Crippen LogP) is 28.7. The smallest absolute Gasteiger partial charge is 0.310 e. The lowest BCUT2D eigenvalue weighted by Crippen LogP contribution is -2.07. The lowest BCUT2D eigenvalue weighted by atomic mass is 9.92. The van der Waals surface area contributed by atoms with Gasteiger partial charge in [0.15, 0.2) is 11.4 Å². The minimum Gasteiger partial charge on any atom is -0.310 e. The van der Waals surface area contributed by atoms with Gasteiger partial charge in [-0.05, 0) is 235 Å². The topological polar surface area (TPSA) is 28.4 Å². The fourth-order valence-electron chi connectivity index (χ4n) is 16.7. The molecule has 0 unspecified atom stereocenters. The van der Waals surface area contributed by atoms with E-state index in [0.29, 0.717) is 44.8 Å². The fraction of sp³-hybridized carbons (Fsp3) is 0.122. The number of aryl methyl sites for hydroxylation is 10. The van der Waals surface area contributed by atoms with Gasteiger partial charge in [0.05, 0.1) is 85.5 Å². The molecule has 110 heavy (non-hydrogen) atoms. The highest BCUT2D eigenvalue weighted by atomic mass is 19.4. The van der Waals surface area contributed by atoms with Crippen molar-refractivity contribution < 1.29 is 26.3 Å². The van der Waals surface area contributed by atoms with Gasteiger partial charge in [0.2, 0.25) is 0 Å². The summed E-state index contributed by atoms with van der Waals surface area (Å²) in [5.74, 6) is 0. The zero-order valence-corrected chi connectivity index (χ0v) is 62.2. The molecule has 0 fully saturated rings. The molecule has 0 saturated heterocycles. The van der Waals surface area contributed by atoms with Gasteiger partial charge in [-0.2, -0.15) is 26.3 Å². The van der Waals surface area contributed by atoms with Crippen molar-refractivity contribution >= 4 is 98.6 Å². The number of hydrogen-bond donors (Lipinski definition) is 0. The van der Waals surface area contributed by atoms with E-state index in [-0.39, 0.29) is 0 Å². The predicted molar refractivity (Wildman–Crippen MR) is 442 cm³/mol. The van der Waals surface area contributed by atoms with Crippen molar-refractivity contribution in [2.24, 2.45) is 0 Å². The number of benzene rings is 14. The first kappa shape index (κ1) is 69.9. The van der Waals surface area contributed by atoms with Crippen LogP contribution in [0, 0.1) is 82.4 Å². The Hall–Kier alpha value is -13.2. The maximum Gasteiger partial charge on any atom is 0.416 e. The largest absolute Gasteiger partial charge is 0.416 e. The zero-order chi connectivity index (χ0) is 76.7. The Morgan fingerprint density at radius 2 is 0.555 bits per heavy atom. The minimum atomic E-state index is -4.52. The molecule has 536 valence electrons. The minimum absolute atomic E-state index is 0.463. The zero-order valence-electron chi connectivity index (χ0n) is 62.2. The Labute approximate surface area is 632 Å². The quantitative estimate of drug-likeness (QED) is 0.107. The molecular weight excluding hydrogens is 1380 g/mol. The van der Waals surface area contributed by atoms with Crippen LogP contribution in [0.25, 0.3) is 164 Å². The van der Waals surface area contributed by atoms with E-state index in [9.17, 15) is 26.3 Å². The Balaban J connectivity index is 0.000000160. The molecule has 0 bridgehead atoms. The molecule has 0 radical (unpaired) electrons. The van der Waals surface area contributed by atoms with Crippen molar-refractivity contribution in [1.82, 2.24) is 18.3 Å². The van der Waals surface area contributed by atoms with Crippen molar-refractivity contribution in [1.29, 1.82) is 0 Å². The SMILES string of the molecule is [C-]#[N+]c1ccc(-c2cccc(-c3cc(C)cc(C(F)(F)F)c3)c2-n2c3ccc(C)cc3c3cc(C)ccc32)c(-n2c3ccc(C)cc3c3cc(C)ccc32)c1.[C-]#[N+]c1ccc(-n2c3cc(C)ccc3c3ccc(C)cc32)c(-c2cccc(-c3cc(C)cc(C(F)(F)F)c3)c2-n2c3cc(C)ccc3c3ccc(C)cc32)c1. The number of halogens is 6. The standard InChI is InChI=1S/2C49H36F3N3/c1-28-10-16-43-39(22-28)40-23-29(2)11-17-44(40)54(43)47-27-35(53-6)14-15-37(47)38-9-7-8-36(33-20-32(5)21-34(26-33)49(50,51)52)48(38)55-45-18-12-30(3)24-41(45)42-25-31(4)13-19-46(42)55;1-28-10-15-37-38-16-11-29(2)23-45(38)54(44(37)22-28)43-19-14-35(53-6)27-42(43)41-9-7-8-36(33-20-32(5)21-34(26-33)49(50,51)52)48(41)55-46-24-30(3)12-17-39(46)40-18-13-31(4)25-47(40)55/h2*7-27H,1-5H3. The van der Waals surface area contributed by atoms with Gasteiger partial charge >= 0.3 is 12.4 Å². The summed E-state index contributed by atoms with van der Waals surface area (Å²) in [6.45, 7) is 36.2. The fourth-order valence-corrected chi connectivity index (χ4v) is 16.7. The molecule has 0 amide bonds. The lowest BCUT2D eigenvalue weighted by Gasteiger charge is -2.23. The maximum atomic E-state index is 14.5. The third-order valence-corrected chi connectivity index (χ3v) is 21.5. The molecule has 0 aliphatic heterocycles. The molecule has 4 aromatic heterocycles. The van der Waals surface area contributed by atoms with Gasteiger partial charge in [-0.1, -0.05) is 162 Å². The summed E-state index contributed by atoms with van der Waals surface area (Å²) in [4.78, 5) is 7.75. The Kier molecular flexibility index (Phi) is 16.7. The molecule has 6 nitrogen and oxygen atoms in total. The number of aromatic nitrogens is 4. The van der Waals surface area contributed by atoms with Crippen LogP contribution in [0.3, 0.4) is 0 Å². The highest BCUT2D eigenvalue weighted by molar-refractivity contribution is 6.15. The average Bonchev–Trinajstić information content (AvgIpc) is 1.55. The molecule has 0 saturated carbocycles. The number of fused-ring (bicyclic) bond motifs is 12. The van der Waals surface area contributed by atoms with Gasteiger partial charge in [-0.3, -0.25) is 0 Å². The van der Waals surface area contributed by atoms with Crippen LogP contribution in [0.4, 0.5) is 37.7 Å². The van der Waals surface area contributed by atoms with Crippen LogP contribution < -0.4 is 0 Å². The number of alkyl halides is 6. The van der Waals surface area contributed by atoms with Crippen molar-refractivity contribution in [3.63, 3.8) is 0 Å². The van der Waals surface area contributed by atoms with Crippen LogP contribution in [0.5, 0.6) is 0 Å². The van der Waals surface area contributed by atoms with E-state index in [1.807, 2.05) is 78.9 Å². The maximum absolute atomic E-state index is 14.5. The first-order valence-corrected chi connectivity index (χ1v) is 36.5. The molecule has 18 rings (SSSR count). The summed E-state index contributed by atoms with van der Waals surface area (Å²) in [7, 11) is 0. The van der Waals surface area contributed by atoms with Crippen LogP contribution in [-0.4, -0.2) is 18.3 Å². The van der Waals surface area contributed by atoms with Gasteiger partial charge in [0.1, 0.15) is 0 Å². The van der Waals surface area contributed by atoms with Gasteiger partial charge in [0, 0.05) is 76.6 Å². The molecule has 0 spiro atoms. The van der Waals surface area contributed by atoms with Gasteiger partial charge < -0.3 is 18.3 Å². The van der Waals surface area contributed by atoms with Crippen LogP contribution in [0.15, 0.2) is 255 Å². The van der Waals surface area contributed by atoms with E-state index in [4.69, 9.17) is 13.1 Å². The van der Waals surface area contributed by atoms with Gasteiger partial charge in [-0.15, -0.1) is 0 Å². The summed E-state index contributed by atoms with van der Waals surface area (Å²) in [5, 5.41) is 8.67. The third kappa shape index (κ3) is 11.9. The molecule has 0 atom stereocenters. The van der Waals surface area contributed by atoms with Crippen LogP contribution in [0.2, 0.25) is 0 Å². The van der Waals surface area contributed by atoms with Crippen molar-refractivity contribution in [3.05, 3.63) is 344 Å². The first-order valence-electron chi connectivity index (χ1n) is 36.5. The number of nitrogens with zero attached hydrogens (tertiary/aromatic N) is 6. The molecule has 4 heterocycles. The molecule has 0 N–H and O–H groups in total. The highest BCUT2D eigenvalue weighted by Gasteiger charge is 2.34. The van der Waals surface area contributed by atoms with E-state index >= 15 is 0 Å². The normalized spacial score (nSPS) is 12.0. The van der Waals surface area contributed by atoms with E-state index in [2.05, 4.69) is 235 Å². The number of hydrogen-bond acceptors (Lipinski definition) is 0. The second-order valence-electron chi connectivity index (χ2n) is 29.7. The number of rotatable bonds is 8. The second kappa shape index (κ2) is 26.4. The number of para-hydroxylation sites is 2. The Morgan fingerprint density at radius 3 is 0.945 bits per heavy atom. The summed E-state index contributed by atoms with van der Waals surface area (Å²) >= 11 is 0. The summed E-state index contributed by atoms with van der Waals surface area (Å²) in [6, 6.07) is 83.3. The molecule has 18 aromatic rings. The summed E-state index contributed by atoms with van der Waals surface area (Å²) < 4.78 is 95.6. The second-order valence-corrected chi connectivity index (χ2v) is 29.7. The molecule has 12 heteroatoms. The van der Waals surface area contributed by atoms with E-state index < -0.39 is 23.5 Å². The van der Waals surface area contributed by atoms with Crippen molar-refractivity contribution in [2.45, 2.75) is 81.6 Å². The highest BCUT2D eigenvalue weighted by Crippen LogP contribution is 2.50. The molecule has 0 aliphatic carbocycles. The summed E-state index contributed by atoms with van der Waals surface area (Å²) in [5.41, 5.74) is 26.1. The van der Waals surface area contributed by atoms with E-state index in [1.165, 1.54) is 24.3 Å². The monoisotopic (exact) mass is 1450 g/mol. The van der Waals surface area contributed by atoms with Crippen LogP contribution in [0.1, 0.15) is 66.8 Å². The average molecular weight is 1450 g/mol.